The SMILES string of the molecule is [CH]=C(C)CCCCCCCC. The predicted molar refractivity (Wildman–Crippen MR) is 51.5 cm³/mol. The number of allylic oxidation sites excluding steroid dienone is 1. The maximum atomic E-state index is 5.55. The fraction of sp³-hybridized carbons (Fsp3) is 0.818. The summed E-state index contributed by atoms with van der Waals surface area (Å²) >= 11 is 0. The maximum Gasteiger partial charge on any atom is -0.0320 e. The third kappa shape index (κ3) is 9.74. The molecule has 11 heavy (non-hydrogen) atoms. The van der Waals surface area contributed by atoms with Crippen LogP contribution in [0.3, 0.4) is 0 Å². The van der Waals surface area contributed by atoms with E-state index in [1.54, 1.807) is 0 Å². The molecule has 0 aromatic carbocycles. The largest absolute Gasteiger partial charge is 0.0733 e. The van der Waals surface area contributed by atoms with Crippen LogP contribution in [0.2, 0.25) is 0 Å². The molecule has 0 saturated carbocycles. The van der Waals surface area contributed by atoms with Crippen LogP contribution >= 0.6 is 0 Å². The van der Waals surface area contributed by atoms with E-state index in [0.29, 0.717) is 0 Å². The van der Waals surface area contributed by atoms with Gasteiger partial charge in [0, 0.05) is 0 Å². The molecule has 0 heterocycles. The highest BCUT2D eigenvalue weighted by Gasteiger charge is 1.89. The molecule has 0 unspecified atom stereocenters. The second-order valence-electron chi connectivity index (χ2n) is 3.36. The Hall–Kier alpha value is -0.260. The molecule has 0 aliphatic carbocycles. The highest BCUT2D eigenvalue weighted by Crippen LogP contribution is 2.09. The van der Waals surface area contributed by atoms with Crippen LogP contribution in [0.25, 0.3) is 0 Å². The van der Waals surface area contributed by atoms with Gasteiger partial charge in [-0.1, -0.05) is 51.2 Å². The second kappa shape index (κ2) is 7.84. The minimum absolute atomic E-state index is 1.08. The number of unbranched alkanes of at least 4 members (excludes halogenated alkanes) is 5. The number of hydrogen-bond acceptors (Lipinski definition) is 0. The topological polar surface area (TPSA) is 0 Å². The van der Waals surface area contributed by atoms with Gasteiger partial charge in [0.05, 0.1) is 0 Å². The smallest absolute Gasteiger partial charge is 0.0320 e. The van der Waals surface area contributed by atoms with E-state index in [1.165, 1.54) is 38.5 Å². The molecule has 65 valence electrons. The Morgan fingerprint density at radius 2 is 1.55 bits per heavy atom. The van der Waals surface area contributed by atoms with Gasteiger partial charge in [-0.05, 0) is 19.8 Å². The number of rotatable bonds is 7. The van der Waals surface area contributed by atoms with Crippen molar-refractivity contribution in [3.05, 3.63) is 12.2 Å². The Balaban J connectivity index is 2.85. The molecule has 1 radical (unpaired) electrons. The van der Waals surface area contributed by atoms with Crippen LogP contribution in [0.1, 0.15) is 58.8 Å². The molecule has 0 nitrogen and oxygen atoms in total. The minimum atomic E-state index is 1.08. The van der Waals surface area contributed by atoms with E-state index in [4.69, 9.17) is 6.58 Å². The van der Waals surface area contributed by atoms with Crippen molar-refractivity contribution >= 4 is 0 Å². The van der Waals surface area contributed by atoms with E-state index < -0.39 is 0 Å². The Morgan fingerprint density at radius 3 is 2.09 bits per heavy atom. The summed E-state index contributed by atoms with van der Waals surface area (Å²) < 4.78 is 0. The molecule has 0 saturated heterocycles. The molecule has 0 heteroatoms. The Morgan fingerprint density at radius 1 is 1.00 bits per heavy atom. The molecular weight excluding hydrogens is 132 g/mol. The van der Waals surface area contributed by atoms with Gasteiger partial charge in [-0.25, -0.2) is 0 Å². The summed E-state index contributed by atoms with van der Waals surface area (Å²) in [6.07, 6.45) is 9.28. The zero-order valence-electron chi connectivity index (χ0n) is 8.03. The molecular formula is C11H21. The molecule has 0 fully saturated rings. The first-order valence-electron chi connectivity index (χ1n) is 4.85. The molecule has 0 aliphatic heterocycles. The van der Waals surface area contributed by atoms with Gasteiger partial charge in [0.15, 0.2) is 0 Å². The lowest BCUT2D eigenvalue weighted by Gasteiger charge is -1.99. The van der Waals surface area contributed by atoms with E-state index in [9.17, 15) is 0 Å². The molecule has 0 aromatic heterocycles. The van der Waals surface area contributed by atoms with Crippen molar-refractivity contribution in [3.8, 4) is 0 Å². The van der Waals surface area contributed by atoms with Crippen LogP contribution in [0.4, 0.5) is 0 Å². The third-order valence-corrected chi connectivity index (χ3v) is 1.92. The van der Waals surface area contributed by atoms with Gasteiger partial charge >= 0.3 is 0 Å². The van der Waals surface area contributed by atoms with Crippen LogP contribution in [0, 0.1) is 6.58 Å². The molecule has 0 bridgehead atoms. The Kier molecular flexibility index (Phi) is 7.66. The zero-order valence-corrected chi connectivity index (χ0v) is 8.03. The maximum absolute atomic E-state index is 5.55. The highest BCUT2D eigenvalue weighted by molar-refractivity contribution is 4.83. The van der Waals surface area contributed by atoms with Crippen LogP contribution in [0.5, 0.6) is 0 Å². The molecule has 0 spiro atoms. The van der Waals surface area contributed by atoms with Gasteiger partial charge in [-0.3, -0.25) is 0 Å². The standard InChI is InChI=1S/C11H21/c1-4-5-6-7-8-9-10-11(2)3/h2H,4-10H2,1,3H3. The lowest BCUT2D eigenvalue weighted by atomic mass is 10.1. The van der Waals surface area contributed by atoms with Gasteiger partial charge < -0.3 is 0 Å². The Labute approximate surface area is 71.7 Å². The molecule has 0 N–H and O–H groups in total. The molecule has 0 rings (SSSR count). The van der Waals surface area contributed by atoms with Gasteiger partial charge in [0.1, 0.15) is 0 Å². The lowest BCUT2D eigenvalue weighted by Crippen LogP contribution is -1.79. The summed E-state index contributed by atoms with van der Waals surface area (Å²) in [6, 6.07) is 0. The van der Waals surface area contributed by atoms with Crippen LogP contribution in [-0.4, -0.2) is 0 Å². The molecule has 0 atom stereocenters. The van der Waals surface area contributed by atoms with Crippen molar-refractivity contribution in [2.45, 2.75) is 58.8 Å². The van der Waals surface area contributed by atoms with Crippen LogP contribution < -0.4 is 0 Å². The minimum Gasteiger partial charge on any atom is -0.0733 e. The summed E-state index contributed by atoms with van der Waals surface area (Å²) in [5, 5.41) is 0. The second-order valence-corrected chi connectivity index (χ2v) is 3.36. The van der Waals surface area contributed by atoms with E-state index in [2.05, 4.69) is 6.92 Å². The molecule has 0 aliphatic rings. The van der Waals surface area contributed by atoms with Crippen molar-refractivity contribution in [1.82, 2.24) is 0 Å². The summed E-state index contributed by atoms with van der Waals surface area (Å²) in [5.41, 5.74) is 1.08. The lowest BCUT2D eigenvalue weighted by molar-refractivity contribution is 0.606. The average molecular weight is 153 g/mol. The first-order valence-corrected chi connectivity index (χ1v) is 4.85. The fourth-order valence-corrected chi connectivity index (χ4v) is 1.18. The van der Waals surface area contributed by atoms with Crippen molar-refractivity contribution < 1.29 is 0 Å². The normalized spacial score (nSPS) is 10.0. The van der Waals surface area contributed by atoms with Crippen molar-refractivity contribution in [1.29, 1.82) is 0 Å². The predicted octanol–water partition coefficient (Wildman–Crippen LogP) is 4.12. The average Bonchev–Trinajstić information content (AvgIpc) is 1.96. The van der Waals surface area contributed by atoms with Gasteiger partial charge in [-0.15, -0.1) is 0 Å². The Bertz CT molecular complexity index is 92.2. The third-order valence-electron chi connectivity index (χ3n) is 1.92. The molecule has 0 amide bonds. The van der Waals surface area contributed by atoms with E-state index >= 15 is 0 Å². The first kappa shape index (κ1) is 10.7. The first-order chi connectivity index (χ1) is 5.27. The van der Waals surface area contributed by atoms with Crippen molar-refractivity contribution in [3.63, 3.8) is 0 Å². The summed E-state index contributed by atoms with van der Waals surface area (Å²) in [5.74, 6) is 0. The highest BCUT2D eigenvalue weighted by atomic mass is 14.0. The van der Waals surface area contributed by atoms with Crippen LogP contribution in [-0.2, 0) is 0 Å². The monoisotopic (exact) mass is 153 g/mol. The van der Waals surface area contributed by atoms with Crippen molar-refractivity contribution in [2.24, 2.45) is 0 Å². The van der Waals surface area contributed by atoms with Gasteiger partial charge in [0.2, 0.25) is 0 Å². The van der Waals surface area contributed by atoms with E-state index in [0.717, 1.165) is 12.0 Å². The zero-order chi connectivity index (χ0) is 8.53. The quantitative estimate of drug-likeness (QED) is 0.483. The van der Waals surface area contributed by atoms with Crippen LogP contribution in [0.15, 0.2) is 5.57 Å². The molecule has 0 aromatic rings. The summed E-state index contributed by atoms with van der Waals surface area (Å²) in [4.78, 5) is 0. The number of hydrogen-bond donors (Lipinski definition) is 0. The van der Waals surface area contributed by atoms with E-state index in [1.807, 2.05) is 6.92 Å². The fourth-order valence-electron chi connectivity index (χ4n) is 1.18. The van der Waals surface area contributed by atoms with E-state index in [-0.39, 0.29) is 0 Å². The van der Waals surface area contributed by atoms with Crippen molar-refractivity contribution in [2.75, 3.05) is 0 Å². The van der Waals surface area contributed by atoms with Gasteiger partial charge in [-0.2, -0.15) is 0 Å². The summed E-state index contributed by atoms with van der Waals surface area (Å²) in [7, 11) is 0. The van der Waals surface area contributed by atoms with Gasteiger partial charge in [0.25, 0.3) is 0 Å². The summed E-state index contributed by atoms with van der Waals surface area (Å²) in [6.45, 7) is 9.80.